The summed E-state index contributed by atoms with van der Waals surface area (Å²) in [6.45, 7) is 1.81. The Labute approximate surface area is 96.4 Å². The van der Waals surface area contributed by atoms with Crippen molar-refractivity contribution >= 4 is 23.5 Å². The lowest BCUT2D eigenvalue weighted by Gasteiger charge is -2.20. The summed E-state index contributed by atoms with van der Waals surface area (Å²) >= 11 is 1.55. The van der Waals surface area contributed by atoms with Crippen LogP contribution in [0.4, 0.5) is 5.69 Å². The number of nitro groups is 1. The number of nitrogens with zero attached hydrogens (tertiary/aromatic N) is 3. The van der Waals surface area contributed by atoms with Crippen molar-refractivity contribution in [2.45, 2.75) is 11.3 Å². The number of benzene rings is 1. The van der Waals surface area contributed by atoms with Crippen molar-refractivity contribution in [2.75, 3.05) is 13.1 Å². The van der Waals surface area contributed by atoms with E-state index in [4.69, 9.17) is 0 Å². The predicted molar refractivity (Wildman–Crippen MR) is 61.7 cm³/mol. The standard InChI is InChI=1S/C10H9N3O2S/c14-13(15)7-2-3-8-9(6-7)16-12-5-1-4-11-10(8)12/h2-3,6H,1,4-5H2. The fraction of sp³-hybridized carbons (Fsp3) is 0.300. The predicted octanol–water partition coefficient (Wildman–Crippen LogP) is 2.07. The fourth-order valence-electron chi connectivity index (χ4n) is 1.90. The van der Waals surface area contributed by atoms with Gasteiger partial charge in [-0.2, -0.15) is 0 Å². The van der Waals surface area contributed by atoms with Crippen LogP contribution < -0.4 is 0 Å². The average molecular weight is 235 g/mol. The van der Waals surface area contributed by atoms with Gasteiger partial charge in [0, 0.05) is 35.7 Å². The first-order valence-electron chi connectivity index (χ1n) is 5.04. The van der Waals surface area contributed by atoms with Crippen LogP contribution in [0.15, 0.2) is 28.1 Å². The van der Waals surface area contributed by atoms with Gasteiger partial charge >= 0.3 is 0 Å². The lowest BCUT2D eigenvalue weighted by Crippen LogP contribution is -2.26. The van der Waals surface area contributed by atoms with Gasteiger partial charge in [-0.25, -0.2) is 0 Å². The Morgan fingerprint density at radius 3 is 3.19 bits per heavy atom. The van der Waals surface area contributed by atoms with Crippen LogP contribution in [-0.2, 0) is 0 Å². The Morgan fingerprint density at radius 1 is 1.50 bits per heavy atom. The molecule has 0 atom stereocenters. The van der Waals surface area contributed by atoms with Gasteiger partial charge in [0.25, 0.3) is 5.69 Å². The molecule has 0 aliphatic carbocycles. The highest BCUT2D eigenvalue weighted by Crippen LogP contribution is 2.39. The maximum atomic E-state index is 10.7. The molecule has 0 bridgehead atoms. The average Bonchev–Trinajstić information content (AvgIpc) is 2.66. The Hall–Kier alpha value is -1.56. The van der Waals surface area contributed by atoms with E-state index in [1.165, 1.54) is 0 Å². The number of amidine groups is 1. The minimum atomic E-state index is -0.361. The summed E-state index contributed by atoms with van der Waals surface area (Å²) in [5.41, 5.74) is 1.17. The molecule has 0 amide bonds. The van der Waals surface area contributed by atoms with Gasteiger partial charge in [0.15, 0.2) is 0 Å². The summed E-state index contributed by atoms with van der Waals surface area (Å²) in [5, 5.41) is 10.7. The Balaban J connectivity index is 2.07. The zero-order valence-electron chi connectivity index (χ0n) is 8.42. The summed E-state index contributed by atoms with van der Waals surface area (Å²) in [6, 6.07) is 4.96. The van der Waals surface area contributed by atoms with Crippen LogP contribution in [0.2, 0.25) is 0 Å². The van der Waals surface area contributed by atoms with Gasteiger partial charge in [0.1, 0.15) is 5.84 Å². The van der Waals surface area contributed by atoms with Crippen LogP contribution in [0.1, 0.15) is 12.0 Å². The molecule has 0 fully saturated rings. The number of hydrogen-bond acceptors (Lipinski definition) is 5. The number of non-ortho nitro benzene ring substituents is 1. The van der Waals surface area contributed by atoms with Crippen molar-refractivity contribution in [3.8, 4) is 0 Å². The van der Waals surface area contributed by atoms with E-state index < -0.39 is 0 Å². The highest BCUT2D eigenvalue weighted by atomic mass is 32.2. The first-order chi connectivity index (χ1) is 7.75. The number of fused-ring (bicyclic) bond motifs is 3. The first kappa shape index (κ1) is 9.65. The number of hydrogen-bond donors (Lipinski definition) is 0. The molecule has 3 rings (SSSR count). The molecule has 0 radical (unpaired) electrons. The van der Waals surface area contributed by atoms with E-state index >= 15 is 0 Å². The Bertz CT molecular complexity index is 501. The number of rotatable bonds is 1. The topological polar surface area (TPSA) is 58.7 Å². The van der Waals surface area contributed by atoms with Crippen molar-refractivity contribution in [1.82, 2.24) is 4.31 Å². The molecule has 0 N–H and O–H groups in total. The molecule has 0 aromatic heterocycles. The van der Waals surface area contributed by atoms with Crippen molar-refractivity contribution in [1.29, 1.82) is 0 Å². The van der Waals surface area contributed by atoms with Gasteiger partial charge in [-0.1, -0.05) is 0 Å². The van der Waals surface area contributed by atoms with E-state index in [9.17, 15) is 10.1 Å². The van der Waals surface area contributed by atoms with Gasteiger partial charge in [-0.15, -0.1) is 0 Å². The second-order valence-corrected chi connectivity index (χ2v) is 4.75. The lowest BCUT2D eigenvalue weighted by molar-refractivity contribution is -0.385. The van der Waals surface area contributed by atoms with Crippen molar-refractivity contribution < 1.29 is 4.92 Å². The maximum absolute atomic E-state index is 10.7. The fourth-order valence-corrected chi connectivity index (χ4v) is 3.03. The summed E-state index contributed by atoms with van der Waals surface area (Å²) in [5.74, 6) is 0.973. The van der Waals surface area contributed by atoms with E-state index in [0.717, 1.165) is 35.8 Å². The lowest BCUT2D eigenvalue weighted by atomic mass is 10.1. The van der Waals surface area contributed by atoms with Crippen LogP contribution in [0.5, 0.6) is 0 Å². The van der Waals surface area contributed by atoms with E-state index in [1.54, 1.807) is 30.1 Å². The number of aliphatic imine (C=N–C) groups is 1. The van der Waals surface area contributed by atoms with Crippen LogP contribution in [0, 0.1) is 10.1 Å². The molecule has 6 heteroatoms. The largest absolute Gasteiger partial charge is 0.296 e. The minimum absolute atomic E-state index is 0.145. The van der Waals surface area contributed by atoms with Crippen molar-refractivity contribution in [2.24, 2.45) is 4.99 Å². The molecular formula is C10H9N3O2S. The summed E-state index contributed by atoms with van der Waals surface area (Å²) in [6.07, 6.45) is 1.05. The molecule has 2 aliphatic rings. The van der Waals surface area contributed by atoms with Gasteiger partial charge in [0.2, 0.25) is 0 Å². The van der Waals surface area contributed by atoms with Crippen LogP contribution in [-0.4, -0.2) is 28.2 Å². The Kier molecular flexibility index (Phi) is 2.10. The van der Waals surface area contributed by atoms with Gasteiger partial charge in [-0.05, 0) is 24.4 Å². The van der Waals surface area contributed by atoms with E-state index in [-0.39, 0.29) is 10.6 Å². The normalized spacial score (nSPS) is 17.8. The molecular weight excluding hydrogens is 226 g/mol. The molecule has 2 heterocycles. The van der Waals surface area contributed by atoms with Crippen LogP contribution in [0.25, 0.3) is 0 Å². The third kappa shape index (κ3) is 1.37. The third-order valence-electron chi connectivity index (χ3n) is 2.64. The molecule has 2 aliphatic heterocycles. The number of nitro benzene ring substituents is 1. The molecule has 0 saturated carbocycles. The molecule has 0 saturated heterocycles. The molecule has 0 spiro atoms. The van der Waals surface area contributed by atoms with Crippen molar-refractivity contribution in [3.63, 3.8) is 0 Å². The second-order valence-electron chi connectivity index (χ2n) is 3.69. The first-order valence-corrected chi connectivity index (χ1v) is 5.82. The smallest absolute Gasteiger partial charge is 0.270 e. The second kappa shape index (κ2) is 3.48. The Morgan fingerprint density at radius 2 is 2.38 bits per heavy atom. The highest BCUT2D eigenvalue weighted by Gasteiger charge is 2.29. The highest BCUT2D eigenvalue weighted by molar-refractivity contribution is 7.98. The monoisotopic (exact) mass is 235 g/mol. The molecule has 1 aromatic rings. The molecule has 0 unspecified atom stereocenters. The van der Waals surface area contributed by atoms with E-state index in [1.807, 2.05) is 0 Å². The molecule has 1 aromatic carbocycles. The van der Waals surface area contributed by atoms with Gasteiger partial charge in [0.05, 0.1) is 4.92 Å². The maximum Gasteiger partial charge on any atom is 0.270 e. The van der Waals surface area contributed by atoms with Crippen LogP contribution in [0.3, 0.4) is 0 Å². The zero-order chi connectivity index (χ0) is 11.1. The molecule has 5 nitrogen and oxygen atoms in total. The quantitative estimate of drug-likeness (QED) is 0.425. The summed E-state index contributed by atoms with van der Waals surface area (Å²) in [4.78, 5) is 15.7. The van der Waals surface area contributed by atoms with E-state index in [2.05, 4.69) is 9.30 Å². The van der Waals surface area contributed by atoms with Crippen molar-refractivity contribution in [3.05, 3.63) is 33.9 Å². The molecule has 82 valence electrons. The summed E-state index contributed by atoms with van der Waals surface area (Å²) < 4.78 is 2.11. The molecule has 16 heavy (non-hydrogen) atoms. The van der Waals surface area contributed by atoms with Crippen LogP contribution >= 0.6 is 11.9 Å². The van der Waals surface area contributed by atoms with E-state index in [0.29, 0.717) is 0 Å². The SMILES string of the molecule is O=[N+]([O-])c1ccc2c(c1)SN1CCCN=C21. The third-order valence-corrected chi connectivity index (χ3v) is 3.75. The minimum Gasteiger partial charge on any atom is -0.296 e. The van der Waals surface area contributed by atoms with Gasteiger partial charge in [-0.3, -0.25) is 19.4 Å². The zero-order valence-corrected chi connectivity index (χ0v) is 9.24. The summed E-state index contributed by atoms with van der Waals surface area (Å²) in [7, 11) is 0. The van der Waals surface area contributed by atoms with Gasteiger partial charge < -0.3 is 0 Å².